The van der Waals surface area contributed by atoms with Gasteiger partial charge in [0.15, 0.2) is 12.4 Å². The average molecular weight is 241 g/mol. The lowest BCUT2D eigenvalue weighted by Crippen LogP contribution is -2.29. The predicted molar refractivity (Wildman–Crippen MR) is 70.5 cm³/mol. The number of rotatable bonds is 1. The summed E-state index contributed by atoms with van der Waals surface area (Å²) in [7, 11) is 0. The quantitative estimate of drug-likeness (QED) is 0.570. The first-order valence-electron chi connectivity index (χ1n) is 5.49. The summed E-state index contributed by atoms with van der Waals surface area (Å²) in [4.78, 5) is 0. The van der Waals surface area contributed by atoms with E-state index in [1.165, 1.54) is 10.8 Å². The standard InChI is InChI=1S/C15H11ClN/c16-14-7-3-4-8-15(14)17-10-9-12-5-1-2-6-13(12)11-17/h1-11H/q+1. The number of benzene rings is 2. The van der Waals surface area contributed by atoms with Gasteiger partial charge in [-0.1, -0.05) is 41.9 Å². The molecule has 0 N–H and O–H groups in total. The summed E-state index contributed by atoms with van der Waals surface area (Å²) < 4.78 is 2.05. The van der Waals surface area contributed by atoms with E-state index in [4.69, 9.17) is 11.6 Å². The maximum Gasteiger partial charge on any atom is 0.229 e. The molecule has 82 valence electrons. The molecule has 0 unspecified atom stereocenters. The lowest BCUT2D eigenvalue weighted by atomic mass is 10.2. The molecule has 0 amide bonds. The summed E-state index contributed by atoms with van der Waals surface area (Å²) in [6.45, 7) is 0. The Balaban J connectivity index is 2.22. The van der Waals surface area contributed by atoms with Gasteiger partial charge in [-0.2, -0.15) is 4.57 Å². The molecule has 2 heteroatoms. The minimum atomic E-state index is 0.757. The third kappa shape index (κ3) is 1.90. The van der Waals surface area contributed by atoms with Crippen LogP contribution in [0.25, 0.3) is 16.5 Å². The van der Waals surface area contributed by atoms with Crippen molar-refractivity contribution in [1.29, 1.82) is 0 Å². The van der Waals surface area contributed by atoms with Crippen molar-refractivity contribution in [2.45, 2.75) is 0 Å². The second-order valence-electron chi connectivity index (χ2n) is 3.93. The van der Waals surface area contributed by atoms with Crippen LogP contribution in [-0.2, 0) is 0 Å². The molecule has 3 aromatic rings. The number of pyridine rings is 1. The number of nitrogens with zero attached hydrogens (tertiary/aromatic N) is 1. The normalized spacial score (nSPS) is 10.6. The van der Waals surface area contributed by atoms with Gasteiger partial charge in [0.1, 0.15) is 5.02 Å². The number of hydrogen-bond acceptors (Lipinski definition) is 0. The number of aromatic nitrogens is 1. The molecule has 2 aromatic carbocycles. The molecule has 0 atom stereocenters. The van der Waals surface area contributed by atoms with Crippen molar-refractivity contribution >= 4 is 22.4 Å². The SMILES string of the molecule is Clc1ccccc1-[n+]1ccc2ccccc2c1. The van der Waals surface area contributed by atoms with E-state index in [0.29, 0.717) is 0 Å². The van der Waals surface area contributed by atoms with Crippen molar-refractivity contribution in [2.24, 2.45) is 0 Å². The van der Waals surface area contributed by atoms with E-state index in [9.17, 15) is 0 Å². The Morgan fingerprint density at radius 1 is 0.765 bits per heavy atom. The van der Waals surface area contributed by atoms with Crippen molar-refractivity contribution in [3.8, 4) is 5.69 Å². The number of hydrogen-bond donors (Lipinski definition) is 0. The lowest BCUT2D eigenvalue weighted by molar-refractivity contribution is -0.594. The molecule has 0 spiro atoms. The lowest BCUT2D eigenvalue weighted by Gasteiger charge is -1.99. The van der Waals surface area contributed by atoms with Gasteiger partial charge in [0.05, 0.1) is 0 Å². The second kappa shape index (κ2) is 4.19. The summed E-state index contributed by atoms with van der Waals surface area (Å²) in [6, 6.07) is 18.2. The Kier molecular flexibility index (Phi) is 2.54. The molecule has 0 aliphatic carbocycles. The van der Waals surface area contributed by atoms with E-state index in [1.807, 2.05) is 47.2 Å². The topological polar surface area (TPSA) is 3.88 Å². The minimum Gasteiger partial charge on any atom is -0.165 e. The van der Waals surface area contributed by atoms with Crippen LogP contribution >= 0.6 is 11.6 Å². The van der Waals surface area contributed by atoms with Crippen LogP contribution in [0.15, 0.2) is 67.0 Å². The molecule has 0 aliphatic rings. The molecular formula is C15H11ClN+. The van der Waals surface area contributed by atoms with Crippen molar-refractivity contribution in [1.82, 2.24) is 0 Å². The monoisotopic (exact) mass is 240 g/mol. The van der Waals surface area contributed by atoms with E-state index in [2.05, 4.69) is 24.4 Å². The maximum absolute atomic E-state index is 6.19. The Hall–Kier alpha value is -1.86. The fourth-order valence-corrected chi connectivity index (χ4v) is 2.18. The number of fused-ring (bicyclic) bond motifs is 1. The van der Waals surface area contributed by atoms with Gasteiger partial charge in [-0.15, -0.1) is 0 Å². The molecule has 0 fully saturated rings. The van der Waals surface area contributed by atoms with Crippen LogP contribution in [0.5, 0.6) is 0 Å². The molecule has 0 bridgehead atoms. The van der Waals surface area contributed by atoms with Crippen LogP contribution in [0.3, 0.4) is 0 Å². The summed E-state index contributed by atoms with van der Waals surface area (Å²) in [6.07, 6.45) is 4.13. The van der Waals surface area contributed by atoms with E-state index in [0.717, 1.165) is 10.7 Å². The smallest absolute Gasteiger partial charge is 0.165 e. The van der Waals surface area contributed by atoms with Crippen LogP contribution < -0.4 is 4.57 Å². The summed E-state index contributed by atoms with van der Waals surface area (Å²) in [5.74, 6) is 0. The van der Waals surface area contributed by atoms with Crippen molar-refractivity contribution in [3.63, 3.8) is 0 Å². The summed E-state index contributed by atoms with van der Waals surface area (Å²) >= 11 is 6.19. The highest BCUT2D eigenvalue weighted by molar-refractivity contribution is 6.32. The predicted octanol–water partition coefficient (Wildman–Crippen LogP) is 3.77. The van der Waals surface area contributed by atoms with E-state index < -0.39 is 0 Å². The average Bonchev–Trinajstić information content (AvgIpc) is 2.39. The van der Waals surface area contributed by atoms with Gasteiger partial charge in [-0.05, 0) is 17.5 Å². The zero-order valence-corrected chi connectivity index (χ0v) is 9.93. The van der Waals surface area contributed by atoms with E-state index in [-0.39, 0.29) is 0 Å². The van der Waals surface area contributed by atoms with Crippen LogP contribution in [-0.4, -0.2) is 0 Å². The molecule has 17 heavy (non-hydrogen) atoms. The van der Waals surface area contributed by atoms with Gasteiger partial charge < -0.3 is 0 Å². The molecular weight excluding hydrogens is 230 g/mol. The number of halogens is 1. The Morgan fingerprint density at radius 3 is 2.29 bits per heavy atom. The van der Waals surface area contributed by atoms with Gasteiger partial charge in [-0.3, -0.25) is 0 Å². The fraction of sp³-hybridized carbons (Fsp3) is 0. The molecule has 1 aromatic heterocycles. The van der Waals surface area contributed by atoms with Crippen molar-refractivity contribution < 1.29 is 4.57 Å². The molecule has 0 aliphatic heterocycles. The third-order valence-corrected chi connectivity index (χ3v) is 3.14. The summed E-state index contributed by atoms with van der Waals surface area (Å²) in [5, 5.41) is 3.19. The molecule has 0 saturated carbocycles. The van der Waals surface area contributed by atoms with Crippen LogP contribution in [0.1, 0.15) is 0 Å². The van der Waals surface area contributed by atoms with E-state index in [1.54, 1.807) is 0 Å². The van der Waals surface area contributed by atoms with Crippen molar-refractivity contribution in [3.05, 3.63) is 72.0 Å². The van der Waals surface area contributed by atoms with Crippen LogP contribution in [0.2, 0.25) is 5.02 Å². The second-order valence-corrected chi connectivity index (χ2v) is 4.34. The van der Waals surface area contributed by atoms with Gasteiger partial charge in [-0.25, -0.2) is 0 Å². The third-order valence-electron chi connectivity index (χ3n) is 2.82. The molecule has 0 radical (unpaired) electrons. The highest BCUT2D eigenvalue weighted by atomic mass is 35.5. The van der Waals surface area contributed by atoms with Crippen LogP contribution in [0, 0.1) is 0 Å². The zero-order chi connectivity index (χ0) is 11.7. The van der Waals surface area contributed by atoms with E-state index >= 15 is 0 Å². The Morgan fingerprint density at radius 2 is 1.47 bits per heavy atom. The van der Waals surface area contributed by atoms with Crippen molar-refractivity contribution in [2.75, 3.05) is 0 Å². The highest BCUT2D eigenvalue weighted by Gasteiger charge is 2.10. The maximum atomic E-state index is 6.19. The largest absolute Gasteiger partial charge is 0.229 e. The zero-order valence-electron chi connectivity index (χ0n) is 9.18. The Bertz CT molecular complexity index is 676. The minimum absolute atomic E-state index is 0.757. The summed E-state index contributed by atoms with van der Waals surface area (Å²) in [5.41, 5.74) is 1.000. The van der Waals surface area contributed by atoms with Crippen LogP contribution in [0.4, 0.5) is 0 Å². The first-order valence-corrected chi connectivity index (χ1v) is 5.87. The van der Waals surface area contributed by atoms with Gasteiger partial charge >= 0.3 is 0 Å². The van der Waals surface area contributed by atoms with Gasteiger partial charge in [0.2, 0.25) is 5.69 Å². The molecule has 0 saturated heterocycles. The molecule has 1 heterocycles. The first kappa shape index (κ1) is 10.3. The molecule has 1 nitrogen and oxygen atoms in total. The van der Waals surface area contributed by atoms with Gasteiger partial charge in [0, 0.05) is 17.5 Å². The Labute approximate surface area is 105 Å². The fourth-order valence-electron chi connectivity index (χ4n) is 1.94. The first-order chi connectivity index (χ1) is 8.34. The molecule has 3 rings (SSSR count). The number of para-hydroxylation sites is 1. The van der Waals surface area contributed by atoms with Gasteiger partial charge in [0.25, 0.3) is 0 Å². The highest BCUT2D eigenvalue weighted by Crippen LogP contribution is 2.16.